The summed E-state index contributed by atoms with van der Waals surface area (Å²) in [4.78, 5) is 27.2. The molecule has 8 heteroatoms. The second-order valence-corrected chi connectivity index (χ2v) is 6.06. The molecule has 3 heterocycles. The first-order valence-corrected chi connectivity index (χ1v) is 8.37. The van der Waals surface area contributed by atoms with Crippen LogP contribution in [0.2, 0.25) is 0 Å². The molecule has 0 radical (unpaired) electrons. The average molecular weight is 352 g/mol. The predicted molar refractivity (Wildman–Crippen MR) is 95.0 cm³/mol. The molecule has 1 aliphatic heterocycles. The lowest BCUT2D eigenvalue weighted by molar-refractivity contribution is 0.102. The van der Waals surface area contributed by atoms with Gasteiger partial charge in [-0.15, -0.1) is 0 Å². The van der Waals surface area contributed by atoms with Crippen molar-refractivity contribution in [3.05, 3.63) is 60.7 Å². The zero-order valence-corrected chi connectivity index (χ0v) is 14.0. The predicted octanol–water partition coefficient (Wildman–Crippen LogP) is 2.65. The molecule has 1 amide bonds. The van der Waals surface area contributed by atoms with Crippen LogP contribution in [0.15, 0.2) is 49.2 Å². The van der Waals surface area contributed by atoms with Crippen LogP contribution in [0.25, 0.3) is 5.82 Å². The molecule has 0 saturated carbocycles. The van der Waals surface area contributed by atoms with E-state index < -0.39 is 0 Å². The van der Waals surface area contributed by atoms with Crippen LogP contribution in [0.5, 0.6) is 0 Å². The van der Waals surface area contributed by atoms with Crippen LogP contribution in [0.3, 0.4) is 0 Å². The zero-order chi connectivity index (χ0) is 17.9. The van der Waals surface area contributed by atoms with Gasteiger partial charge in [0.1, 0.15) is 35.8 Å². The van der Waals surface area contributed by atoms with E-state index in [1.807, 2.05) is 6.07 Å². The molecule has 1 aromatic carbocycles. The van der Waals surface area contributed by atoms with E-state index in [-0.39, 0.29) is 17.4 Å². The van der Waals surface area contributed by atoms with Gasteiger partial charge in [0.2, 0.25) is 0 Å². The molecule has 1 saturated heterocycles. The van der Waals surface area contributed by atoms with E-state index in [1.165, 1.54) is 36.9 Å². The first-order valence-electron chi connectivity index (χ1n) is 8.37. The quantitative estimate of drug-likeness (QED) is 0.781. The van der Waals surface area contributed by atoms with E-state index in [0.717, 1.165) is 31.7 Å². The van der Waals surface area contributed by atoms with Crippen LogP contribution in [0.4, 0.5) is 15.9 Å². The molecule has 1 N–H and O–H groups in total. The van der Waals surface area contributed by atoms with Crippen molar-refractivity contribution in [1.82, 2.24) is 19.5 Å². The molecular weight excluding hydrogens is 335 g/mol. The van der Waals surface area contributed by atoms with Gasteiger partial charge in [-0.05, 0) is 37.1 Å². The Morgan fingerprint density at radius 2 is 1.77 bits per heavy atom. The van der Waals surface area contributed by atoms with Crippen molar-refractivity contribution in [3.63, 3.8) is 0 Å². The van der Waals surface area contributed by atoms with Crippen LogP contribution in [0, 0.1) is 5.82 Å². The minimum atomic E-state index is -0.371. The Hall–Kier alpha value is -3.29. The SMILES string of the molecule is O=C(Nc1ccc(F)cc1)c1cn(-c2cc(N3CCCC3)ncn2)cn1. The van der Waals surface area contributed by atoms with E-state index in [2.05, 4.69) is 25.2 Å². The molecule has 0 spiro atoms. The minimum Gasteiger partial charge on any atom is -0.356 e. The second-order valence-electron chi connectivity index (χ2n) is 6.06. The molecule has 2 aromatic heterocycles. The van der Waals surface area contributed by atoms with E-state index in [4.69, 9.17) is 0 Å². The molecule has 0 unspecified atom stereocenters. The summed E-state index contributed by atoms with van der Waals surface area (Å²) in [6, 6.07) is 7.45. The molecular formula is C18H17FN6O. The Balaban J connectivity index is 1.51. The van der Waals surface area contributed by atoms with Gasteiger partial charge in [0, 0.05) is 31.0 Å². The zero-order valence-electron chi connectivity index (χ0n) is 14.0. The summed E-state index contributed by atoms with van der Waals surface area (Å²) in [6.45, 7) is 1.98. The van der Waals surface area contributed by atoms with Crippen molar-refractivity contribution in [2.45, 2.75) is 12.8 Å². The van der Waals surface area contributed by atoms with Crippen LogP contribution in [-0.4, -0.2) is 38.5 Å². The topological polar surface area (TPSA) is 75.9 Å². The summed E-state index contributed by atoms with van der Waals surface area (Å²) in [7, 11) is 0. The molecule has 1 aliphatic rings. The number of imidazole rings is 1. The fraction of sp³-hybridized carbons (Fsp3) is 0.222. The van der Waals surface area contributed by atoms with E-state index in [9.17, 15) is 9.18 Å². The van der Waals surface area contributed by atoms with Gasteiger partial charge in [-0.25, -0.2) is 19.3 Å². The maximum atomic E-state index is 12.9. The molecule has 1 fully saturated rings. The van der Waals surface area contributed by atoms with Crippen LogP contribution >= 0.6 is 0 Å². The molecule has 7 nitrogen and oxygen atoms in total. The number of nitrogens with zero attached hydrogens (tertiary/aromatic N) is 5. The van der Waals surface area contributed by atoms with Gasteiger partial charge in [-0.3, -0.25) is 9.36 Å². The third-order valence-electron chi connectivity index (χ3n) is 4.25. The lowest BCUT2D eigenvalue weighted by atomic mass is 10.3. The largest absolute Gasteiger partial charge is 0.356 e. The Morgan fingerprint density at radius 3 is 2.54 bits per heavy atom. The Kier molecular flexibility index (Phi) is 4.30. The van der Waals surface area contributed by atoms with E-state index in [0.29, 0.717) is 11.5 Å². The van der Waals surface area contributed by atoms with Gasteiger partial charge in [0.05, 0.1) is 0 Å². The molecule has 0 bridgehead atoms. The van der Waals surface area contributed by atoms with Gasteiger partial charge in [-0.2, -0.15) is 0 Å². The summed E-state index contributed by atoms with van der Waals surface area (Å²) < 4.78 is 14.6. The number of hydrogen-bond donors (Lipinski definition) is 1. The maximum absolute atomic E-state index is 12.9. The Bertz CT molecular complexity index is 917. The Morgan fingerprint density at radius 1 is 1.04 bits per heavy atom. The molecule has 26 heavy (non-hydrogen) atoms. The number of aromatic nitrogens is 4. The standard InChI is InChI=1S/C18H17FN6O/c19-13-3-5-14(6-4-13)23-18(26)15-10-25(12-22-15)17-9-16(20-11-21-17)24-7-1-2-8-24/h3-6,9-12H,1-2,7-8H2,(H,23,26). The van der Waals surface area contributed by atoms with Crippen LogP contribution in [0.1, 0.15) is 23.3 Å². The molecule has 0 atom stereocenters. The van der Waals surface area contributed by atoms with Crippen molar-refractivity contribution >= 4 is 17.4 Å². The van der Waals surface area contributed by atoms with Crippen molar-refractivity contribution in [2.75, 3.05) is 23.3 Å². The van der Waals surface area contributed by atoms with Gasteiger partial charge < -0.3 is 10.2 Å². The normalized spacial score (nSPS) is 13.8. The third kappa shape index (κ3) is 3.39. The summed E-state index contributed by atoms with van der Waals surface area (Å²) in [5.74, 6) is 0.794. The first-order chi connectivity index (χ1) is 12.7. The van der Waals surface area contributed by atoms with Crippen LogP contribution < -0.4 is 10.2 Å². The lowest BCUT2D eigenvalue weighted by Crippen LogP contribution is -2.19. The fourth-order valence-corrected chi connectivity index (χ4v) is 2.89. The van der Waals surface area contributed by atoms with Gasteiger partial charge >= 0.3 is 0 Å². The number of carbonyl (C=O) groups excluding carboxylic acids is 1. The minimum absolute atomic E-state index is 0.246. The molecule has 0 aliphatic carbocycles. The number of rotatable bonds is 4. The summed E-state index contributed by atoms with van der Waals surface area (Å²) in [5, 5.41) is 2.68. The van der Waals surface area contributed by atoms with Crippen molar-refractivity contribution in [2.24, 2.45) is 0 Å². The lowest BCUT2D eigenvalue weighted by Gasteiger charge is -2.16. The van der Waals surface area contributed by atoms with Gasteiger partial charge in [-0.1, -0.05) is 0 Å². The monoisotopic (exact) mass is 352 g/mol. The average Bonchev–Trinajstić information content (AvgIpc) is 3.36. The molecule has 132 valence electrons. The number of hydrogen-bond acceptors (Lipinski definition) is 5. The highest BCUT2D eigenvalue weighted by Crippen LogP contribution is 2.19. The second kappa shape index (κ2) is 6.91. The first kappa shape index (κ1) is 16.2. The summed E-state index contributed by atoms with van der Waals surface area (Å²) in [5.41, 5.74) is 0.750. The number of halogens is 1. The fourth-order valence-electron chi connectivity index (χ4n) is 2.89. The summed E-state index contributed by atoms with van der Waals surface area (Å²) >= 11 is 0. The van der Waals surface area contributed by atoms with Crippen molar-refractivity contribution in [1.29, 1.82) is 0 Å². The third-order valence-corrected chi connectivity index (χ3v) is 4.25. The number of anilines is 2. The van der Waals surface area contributed by atoms with Gasteiger partial charge in [0.25, 0.3) is 5.91 Å². The number of nitrogens with one attached hydrogen (secondary N) is 1. The smallest absolute Gasteiger partial charge is 0.275 e. The summed E-state index contributed by atoms with van der Waals surface area (Å²) in [6.07, 6.45) is 6.99. The number of amides is 1. The highest BCUT2D eigenvalue weighted by Gasteiger charge is 2.15. The maximum Gasteiger partial charge on any atom is 0.275 e. The van der Waals surface area contributed by atoms with E-state index >= 15 is 0 Å². The Labute approximate surface area is 149 Å². The highest BCUT2D eigenvalue weighted by atomic mass is 19.1. The highest BCUT2D eigenvalue weighted by molar-refractivity contribution is 6.02. The van der Waals surface area contributed by atoms with Crippen molar-refractivity contribution in [3.8, 4) is 5.82 Å². The van der Waals surface area contributed by atoms with Crippen LogP contribution in [-0.2, 0) is 0 Å². The van der Waals surface area contributed by atoms with E-state index in [1.54, 1.807) is 10.8 Å². The van der Waals surface area contributed by atoms with Crippen molar-refractivity contribution < 1.29 is 9.18 Å². The molecule has 4 rings (SSSR count). The number of carbonyl (C=O) groups is 1. The van der Waals surface area contributed by atoms with Gasteiger partial charge in [0.15, 0.2) is 0 Å². The number of benzene rings is 1. The molecule has 3 aromatic rings.